The van der Waals surface area contributed by atoms with Crippen LogP contribution in [0.15, 0.2) is 52.3 Å². The van der Waals surface area contributed by atoms with Crippen LogP contribution in [0.3, 0.4) is 0 Å². The van der Waals surface area contributed by atoms with Crippen LogP contribution < -0.4 is 9.62 Å². The number of hydrogen-bond donors (Lipinski definition) is 1. The number of hydrogen-bond acceptors (Lipinski definition) is 4. The first-order chi connectivity index (χ1) is 12.4. The van der Waals surface area contributed by atoms with Gasteiger partial charge in [-0.2, -0.15) is 0 Å². The van der Waals surface area contributed by atoms with E-state index in [0.717, 1.165) is 29.0 Å². The Kier molecular flexibility index (Phi) is 4.44. The number of sulfonamides is 1. The molecule has 5 nitrogen and oxygen atoms in total. The van der Waals surface area contributed by atoms with E-state index in [2.05, 4.69) is 5.32 Å². The molecule has 0 aromatic heterocycles. The summed E-state index contributed by atoms with van der Waals surface area (Å²) < 4.78 is 28.0. The lowest BCUT2D eigenvalue weighted by molar-refractivity contribution is -0.116. The maximum atomic E-state index is 13.3. The Labute approximate surface area is 157 Å². The van der Waals surface area contributed by atoms with Crippen molar-refractivity contribution in [2.24, 2.45) is 0 Å². The van der Waals surface area contributed by atoms with Gasteiger partial charge in [-0.25, -0.2) is 8.42 Å². The molecule has 0 unspecified atom stereocenters. The highest BCUT2D eigenvalue weighted by atomic mass is 32.2. The molecule has 0 radical (unpaired) electrons. The van der Waals surface area contributed by atoms with Crippen LogP contribution in [0, 0.1) is 0 Å². The van der Waals surface area contributed by atoms with Crippen molar-refractivity contribution < 1.29 is 13.2 Å². The number of nitrogens with zero attached hydrogens (tertiary/aromatic N) is 1. The largest absolute Gasteiger partial charge is 0.325 e. The zero-order valence-corrected chi connectivity index (χ0v) is 16.1. The molecule has 7 heteroatoms. The fraction of sp³-hybridized carbons (Fsp3) is 0.316. The summed E-state index contributed by atoms with van der Waals surface area (Å²) in [5, 5.41) is 3.00. The van der Waals surface area contributed by atoms with Crippen LogP contribution in [0.5, 0.6) is 0 Å². The van der Waals surface area contributed by atoms with E-state index in [1.165, 1.54) is 4.31 Å². The number of amides is 1. The summed E-state index contributed by atoms with van der Waals surface area (Å²) in [7, 11) is -3.68. The van der Waals surface area contributed by atoms with Gasteiger partial charge in [0, 0.05) is 23.1 Å². The van der Waals surface area contributed by atoms with Gasteiger partial charge in [-0.05, 0) is 42.7 Å². The molecule has 2 aromatic rings. The molecule has 0 bridgehead atoms. The molecule has 1 atom stereocenters. The second-order valence-electron chi connectivity index (χ2n) is 6.65. The van der Waals surface area contributed by atoms with Crippen LogP contribution in [-0.2, 0) is 21.2 Å². The molecule has 2 aliphatic heterocycles. The van der Waals surface area contributed by atoms with Gasteiger partial charge in [-0.3, -0.25) is 9.10 Å². The third-order valence-corrected chi connectivity index (χ3v) is 7.67. The molecular formula is C19H20N2O3S2. The normalized spacial score (nSPS) is 20.0. The van der Waals surface area contributed by atoms with Gasteiger partial charge in [-0.1, -0.05) is 25.1 Å². The highest BCUT2D eigenvalue weighted by Gasteiger charge is 2.30. The van der Waals surface area contributed by atoms with Gasteiger partial charge in [0.15, 0.2) is 0 Å². The van der Waals surface area contributed by atoms with Gasteiger partial charge in [0.25, 0.3) is 10.0 Å². The van der Waals surface area contributed by atoms with Gasteiger partial charge in [0.2, 0.25) is 5.91 Å². The summed E-state index contributed by atoms with van der Waals surface area (Å²) in [5.74, 6) is -0.0818. The quantitative estimate of drug-likeness (QED) is 0.853. The van der Waals surface area contributed by atoms with Crippen molar-refractivity contribution in [2.45, 2.75) is 41.2 Å². The summed E-state index contributed by atoms with van der Waals surface area (Å²) in [6, 6.07) is 12.7. The maximum Gasteiger partial charge on any atom is 0.264 e. The number of nitrogens with one attached hydrogen (secondary N) is 1. The monoisotopic (exact) mass is 388 g/mol. The van der Waals surface area contributed by atoms with Crippen molar-refractivity contribution in [1.29, 1.82) is 0 Å². The summed E-state index contributed by atoms with van der Waals surface area (Å²) in [6.45, 7) is 2.46. The first kappa shape index (κ1) is 17.4. The lowest BCUT2D eigenvalue weighted by Gasteiger charge is -2.30. The molecule has 1 N–H and O–H groups in total. The molecule has 0 fully saturated rings. The van der Waals surface area contributed by atoms with Crippen LogP contribution in [0.2, 0.25) is 0 Å². The molecule has 26 heavy (non-hydrogen) atoms. The average molecular weight is 389 g/mol. The van der Waals surface area contributed by atoms with Crippen molar-refractivity contribution in [2.75, 3.05) is 16.2 Å². The van der Waals surface area contributed by atoms with E-state index in [1.807, 2.05) is 31.2 Å². The van der Waals surface area contributed by atoms with Crippen LogP contribution in [0.25, 0.3) is 0 Å². The number of para-hydroxylation sites is 1. The van der Waals surface area contributed by atoms with E-state index in [4.69, 9.17) is 0 Å². The SMILES string of the molecule is C[C@@H]1CC(=O)Nc2cc(S(=O)(=O)N3CCCc4ccccc43)ccc2S1. The predicted molar refractivity (Wildman–Crippen MR) is 104 cm³/mol. The Bertz CT molecular complexity index is 972. The third-order valence-electron chi connectivity index (χ3n) is 4.68. The van der Waals surface area contributed by atoms with Crippen LogP contribution in [0.4, 0.5) is 11.4 Å². The lowest BCUT2D eigenvalue weighted by Crippen LogP contribution is -2.35. The Morgan fingerprint density at radius 3 is 2.85 bits per heavy atom. The van der Waals surface area contributed by atoms with E-state index >= 15 is 0 Å². The third kappa shape index (κ3) is 3.10. The number of aryl methyl sites for hydroxylation is 1. The molecule has 0 spiro atoms. The smallest absolute Gasteiger partial charge is 0.264 e. The zero-order chi connectivity index (χ0) is 18.3. The van der Waals surface area contributed by atoms with Gasteiger partial charge >= 0.3 is 0 Å². The fourth-order valence-corrected chi connectivity index (χ4v) is 6.09. The minimum Gasteiger partial charge on any atom is -0.325 e. The predicted octanol–water partition coefficient (Wildman–Crippen LogP) is 3.65. The minimum absolute atomic E-state index is 0.0818. The molecule has 2 aromatic carbocycles. The molecule has 0 saturated heterocycles. The number of thioether (sulfide) groups is 1. The molecule has 2 heterocycles. The van der Waals surface area contributed by atoms with E-state index < -0.39 is 10.0 Å². The summed E-state index contributed by atoms with van der Waals surface area (Å²) in [5.41, 5.74) is 2.38. The Hall–Kier alpha value is -1.99. The Morgan fingerprint density at radius 2 is 2.00 bits per heavy atom. The highest BCUT2D eigenvalue weighted by Crippen LogP contribution is 2.38. The number of anilines is 2. The second-order valence-corrected chi connectivity index (χ2v) is 9.99. The van der Waals surface area contributed by atoms with Gasteiger partial charge in [0.1, 0.15) is 0 Å². The van der Waals surface area contributed by atoms with Crippen molar-refractivity contribution in [3.8, 4) is 0 Å². The van der Waals surface area contributed by atoms with Gasteiger partial charge in [-0.15, -0.1) is 11.8 Å². The van der Waals surface area contributed by atoms with Crippen molar-refractivity contribution in [1.82, 2.24) is 0 Å². The van der Waals surface area contributed by atoms with Gasteiger partial charge in [0.05, 0.1) is 16.3 Å². The standard InChI is InChI=1S/C19H20N2O3S2/c1-13-11-19(22)20-16-12-15(8-9-18(16)25-13)26(23,24)21-10-4-6-14-5-2-3-7-17(14)21/h2-3,5,7-9,12-13H,4,6,10-11H2,1H3,(H,20,22)/t13-/m1/s1. The number of rotatable bonds is 2. The van der Waals surface area contributed by atoms with Crippen LogP contribution in [-0.4, -0.2) is 26.1 Å². The zero-order valence-electron chi connectivity index (χ0n) is 14.4. The van der Waals surface area contributed by atoms with Gasteiger partial charge < -0.3 is 5.32 Å². The highest BCUT2D eigenvalue weighted by molar-refractivity contribution is 8.00. The molecule has 4 rings (SSSR count). The number of carbonyl (C=O) groups is 1. The molecular weight excluding hydrogens is 368 g/mol. The molecule has 0 saturated carbocycles. The topological polar surface area (TPSA) is 66.5 Å². The Morgan fingerprint density at radius 1 is 1.19 bits per heavy atom. The second kappa shape index (κ2) is 6.63. The number of fused-ring (bicyclic) bond motifs is 2. The maximum absolute atomic E-state index is 13.3. The van der Waals surface area contributed by atoms with E-state index in [1.54, 1.807) is 30.0 Å². The fourth-order valence-electron chi connectivity index (χ4n) is 3.47. The Balaban J connectivity index is 1.75. The number of carbonyl (C=O) groups excluding carboxylic acids is 1. The lowest BCUT2D eigenvalue weighted by atomic mass is 10.0. The first-order valence-electron chi connectivity index (χ1n) is 8.66. The van der Waals surface area contributed by atoms with Crippen molar-refractivity contribution in [3.63, 3.8) is 0 Å². The summed E-state index contributed by atoms with van der Waals surface area (Å²) >= 11 is 1.59. The van der Waals surface area contributed by atoms with E-state index in [9.17, 15) is 13.2 Å². The molecule has 136 valence electrons. The molecule has 2 aliphatic rings. The first-order valence-corrected chi connectivity index (χ1v) is 11.0. The molecule has 0 aliphatic carbocycles. The van der Waals surface area contributed by atoms with E-state index in [0.29, 0.717) is 18.7 Å². The summed E-state index contributed by atoms with van der Waals surface area (Å²) in [6.07, 6.45) is 2.10. The van der Waals surface area contributed by atoms with Crippen molar-refractivity contribution in [3.05, 3.63) is 48.0 Å². The van der Waals surface area contributed by atoms with Crippen LogP contribution in [0.1, 0.15) is 25.3 Å². The van der Waals surface area contributed by atoms with E-state index in [-0.39, 0.29) is 16.1 Å². The minimum atomic E-state index is -3.68. The number of benzene rings is 2. The van der Waals surface area contributed by atoms with Crippen LogP contribution >= 0.6 is 11.8 Å². The molecule has 1 amide bonds. The summed E-state index contributed by atoms with van der Waals surface area (Å²) in [4.78, 5) is 13.1. The average Bonchev–Trinajstić information content (AvgIpc) is 2.76. The van der Waals surface area contributed by atoms with Crippen molar-refractivity contribution >= 4 is 39.1 Å².